The number of amides is 1. The van der Waals surface area contributed by atoms with Crippen LogP contribution >= 0.6 is 0 Å². The quantitative estimate of drug-likeness (QED) is 0.537. The Morgan fingerprint density at radius 1 is 1.23 bits per heavy atom. The first-order valence-electron chi connectivity index (χ1n) is 9.06. The molecule has 1 heterocycles. The maximum Gasteiger partial charge on any atom is 0.387 e. The van der Waals surface area contributed by atoms with Gasteiger partial charge in [0.15, 0.2) is 11.5 Å². The van der Waals surface area contributed by atoms with Crippen LogP contribution in [0.4, 0.5) is 14.5 Å². The molecule has 0 saturated heterocycles. The lowest BCUT2D eigenvalue weighted by molar-refractivity contribution is -0.111. The molecule has 0 aliphatic rings. The van der Waals surface area contributed by atoms with Gasteiger partial charge in [-0.15, -0.1) is 0 Å². The number of nitrogens with zero attached hydrogens (tertiary/aromatic N) is 2. The van der Waals surface area contributed by atoms with Gasteiger partial charge in [0.25, 0.3) is 0 Å². The SMILES string of the molecule is CCOc1cc(/C=C/C(=O)Nc2ccccc2-c2noc(C)n2)ccc1OC(F)F. The Morgan fingerprint density at radius 3 is 2.73 bits per heavy atom. The highest BCUT2D eigenvalue weighted by molar-refractivity contribution is 6.03. The summed E-state index contributed by atoms with van der Waals surface area (Å²) >= 11 is 0. The van der Waals surface area contributed by atoms with E-state index in [1.807, 2.05) is 0 Å². The van der Waals surface area contributed by atoms with Gasteiger partial charge in [0.1, 0.15) is 0 Å². The van der Waals surface area contributed by atoms with Crippen LogP contribution in [0.5, 0.6) is 11.5 Å². The van der Waals surface area contributed by atoms with Gasteiger partial charge in [-0.3, -0.25) is 4.79 Å². The Balaban J connectivity index is 1.75. The van der Waals surface area contributed by atoms with Crippen LogP contribution in [0.25, 0.3) is 17.5 Å². The van der Waals surface area contributed by atoms with Crippen molar-refractivity contribution in [2.75, 3.05) is 11.9 Å². The van der Waals surface area contributed by atoms with E-state index in [-0.39, 0.29) is 18.1 Å². The molecule has 1 N–H and O–H groups in total. The molecule has 0 aliphatic heterocycles. The summed E-state index contributed by atoms with van der Waals surface area (Å²) < 4.78 is 39.8. The molecule has 0 unspecified atom stereocenters. The van der Waals surface area contributed by atoms with E-state index in [0.29, 0.717) is 28.5 Å². The van der Waals surface area contributed by atoms with Crippen molar-refractivity contribution in [1.82, 2.24) is 10.1 Å². The Bertz CT molecular complexity index is 1050. The summed E-state index contributed by atoms with van der Waals surface area (Å²) in [6.45, 7) is 0.721. The van der Waals surface area contributed by atoms with E-state index in [1.165, 1.54) is 24.3 Å². The number of halogens is 2. The fraction of sp³-hybridized carbons (Fsp3) is 0.190. The maximum atomic E-state index is 12.5. The molecule has 7 nitrogen and oxygen atoms in total. The Labute approximate surface area is 171 Å². The van der Waals surface area contributed by atoms with Crippen LogP contribution in [-0.2, 0) is 4.79 Å². The standard InChI is InChI=1S/C21H19F2N3O4/c1-3-28-18-12-14(8-10-17(18)29-21(22)23)9-11-19(27)25-16-7-5-4-6-15(16)20-24-13(2)30-26-20/h4-12,21H,3H2,1-2H3,(H,25,27)/b11-9+. The molecule has 1 amide bonds. The highest BCUT2D eigenvalue weighted by Gasteiger charge is 2.13. The van der Waals surface area contributed by atoms with E-state index < -0.39 is 12.5 Å². The van der Waals surface area contributed by atoms with E-state index in [2.05, 4.69) is 20.2 Å². The second-order valence-corrected chi connectivity index (χ2v) is 6.02. The number of benzene rings is 2. The number of anilines is 1. The number of ether oxygens (including phenoxy) is 2. The molecule has 0 radical (unpaired) electrons. The molecule has 1 aromatic heterocycles. The van der Waals surface area contributed by atoms with Crippen molar-refractivity contribution in [3.05, 3.63) is 60.0 Å². The average Bonchev–Trinajstić information content (AvgIpc) is 3.14. The first-order valence-corrected chi connectivity index (χ1v) is 9.06. The van der Waals surface area contributed by atoms with Gasteiger partial charge in [-0.1, -0.05) is 23.4 Å². The van der Waals surface area contributed by atoms with Crippen molar-refractivity contribution in [3.63, 3.8) is 0 Å². The number of hydrogen-bond donors (Lipinski definition) is 1. The predicted molar refractivity (Wildman–Crippen MR) is 106 cm³/mol. The second-order valence-electron chi connectivity index (χ2n) is 6.02. The molecule has 30 heavy (non-hydrogen) atoms. The van der Waals surface area contributed by atoms with Crippen LogP contribution < -0.4 is 14.8 Å². The molecule has 0 saturated carbocycles. The van der Waals surface area contributed by atoms with Crippen molar-refractivity contribution in [2.24, 2.45) is 0 Å². The fourth-order valence-corrected chi connectivity index (χ4v) is 2.63. The molecular weight excluding hydrogens is 396 g/mol. The van der Waals surface area contributed by atoms with Crippen LogP contribution in [0.1, 0.15) is 18.4 Å². The van der Waals surface area contributed by atoms with Crippen LogP contribution in [0, 0.1) is 6.92 Å². The number of carbonyl (C=O) groups is 1. The summed E-state index contributed by atoms with van der Waals surface area (Å²) in [5, 5.41) is 6.63. The summed E-state index contributed by atoms with van der Waals surface area (Å²) in [5.41, 5.74) is 1.71. The molecule has 0 atom stereocenters. The summed E-state index contributed by atoms with van der Waals surface area (Å²) in [4.78, 5) is 16.6. The molecule has 0 bridgehead atoms. The molecule has 3 rings (SSSR count). The lowest BCUT2D eigenvalue weighted by Crippen LogP contribution is -2.09. The second kappa shape index (κ2) is 9.64. The lowest BCUT2D eigenvalue weighted by atomic mass is 10.1. The van der Waals surface area contributed by atoms with Crippen molar-refractivity contribution < 1.29 is 27.6 Å². The van der Waals surface area contributed by atoms with Gasteiger partial charge in [-0.05, 0) is 42.8 Å². The fourth-order valence-electron chi connectivity index (χ4n) is 2.63. The minimum Gasteiger partial charge on any atom is -0.490 e. The molecule has 9 heteroatoms. The number of para-hydroxylation sites is 1. The summed E-state index contributed by atoms with van der Waals surface area (Å²) in [7, 11) is 0. The van der Waals surface area contributed by atoms with Crippen LogP contribution in [0.3, 0.4) is 0 Å². The number of carbonyl (C=O) groups excluding carboxylic acids is 1. The minimum absolute atomic E-state index is 0.0715. The van der Waals surface area contributed by atoms with E-state index in [9.17, 15) is 13.6 Å². The van der Waals surface area contributed by atoms with Gasteiger partial charge in [0, 0.05) is 18.6 Å². The summed E-state index contributed by atoms with van der Waals surface area (Å²) in [6.07, 6.45) is 2.85. The predicted octanol–water partition coefficient (Wildman–Crippen LogP) is 4.70. The van der Waals surface area contributed by atoms with Gasteiger partial charge >= 0.3 is 6.61 Å². The number of hydrogen-bond acceptors (Lipinski definition) is 6. The first kappa shape index (κ1) is 21.0. The largest absolute Gasteiger partial charge is 0.490 e. The van der Waals surface area contributed by atoms with Crippen molar-refractivity contribution in [2.45, 2.75) is 20.5 Å². The topological polar surface area (TPSA) is 86.5 Å². The van der Waals surface area contributed by atoms with Crippen molar-refractivity contribution >= 4 is 17.7 Å². The maximum absolute atomic E-state index is 12.5. The smallest absolute Gasteiger partial charge is 0.387 e. The van der Waals surface area contributed by atoms with Gasteiger partial charge in [0.2, 0.25) is 17.6 Å². The van der Waals surface area contributed by atoms with Gasteiger partial charge in [-0.25, -0.2) is 0 Å². The van der Waals surface area contributed by atoms with E-state index in [4.69, 9.17) is 9.26 Å². The Kier molecular flexibility index (Phi) is 6.74. The molecule has 3 aromatic rings. The highest BCUT2D eigenvalue weighted by Crippen LogP contribution is 2.30. The van der Waals surface area contributed by atoms with E-state index in [0.717, 1.165) is 0 Å². The van der Waals surface area contributed by atoms with Crippen LogP contribution in [0.2, 0.25) is 0 Å². The van der Waals surface area contributed by atoms with E-state index in [1.54, 1.807) is 44.2 Å². The summed E-state index contributed by atoms with van der Waals surface area (Å²) in [5.74, 6) is 0.475. The highest BCUT2D eigenvalue weighted by atomic mass is 19.3. The van der Waals surface area contributed by atoms with Gasteiger partial charge in [-0.2, -0.15) is 13.8 Å². The van der Waals surface area contributed by atoms with Gasteiger partial charge < -0.3 is 19.3 Å². The summed E-state index contributed by atoms with van der Waals surface area (Å²) in [6, 6.07) is 11.5. The van der Waals surface area contributed by atoms with E-state index >= 15 is 0 Å². The number of aryl methyl sites for hydroxylation is 1. The average molecular weight is 415 g/mol. The van der Waals surface area contributed by atoms with Crippen LogP contribution in [0.15, 0.2) is 53.1 Å². The normalized spacial score (nSPS) is 11.1. The van der Waals surface area contributed by atoms with Crippen molar-refractivity contribution in [3.8, 4) is 22.9 Å². The van der Waals surface area contributed by atoms with Crippen molar-refractivity contribution in [1.29, 1.82) is 0 Å². The zero-order valence-electron chi connectivity index (χ0n) is 16.3. The lowest BCUT2D eigenvalue weighted by Gasteiger charge is -2.11. The Hall–Kier alpha value is -3.75. The van der Waals surface area contributed by atoms with Crippen LogP contribution in [-0.4, -0.2) is 29.3 Å². The number of nitrogens with one attached hydrogen (secondary N) is 1. The molecule has 0 aliphatic carbocycles. The first-order chi connectivity index (χ1) is 14.5. The monoisotopic (exact) mass is 415 g/mol. The molecular formula is C21H19F2N3O4. The number of rotatable bonds is 8. The number of aromatic nitrogens is 2. The number of alkyl halides is 2. The third-order valence-electron chi connectivity index (χ3n) is 3.86. The molecule has 2 aromatic carbocycles. The third kappa shape index (κ3) is 5.40. The third-order valence-corrected chi connectivity index (χ3v) is 3.86. The molecule has 0 fully saturated rings. The molecule has 156 valence electrons. The molecule has 0 spiro atoms. The zero-order valence-corrected chi connectivity index (χ0v) is 16.3. The zero-order chi connectivity index (χ0) is 21.5. The van der Waals surface area contributed by atoms with Gasteiger partial charge in [0.05, 0.1) is 12.3 Å². The minimum atomic E-state index is -2.96. The Morgan fingerprint density at radius 2 is 2.03 bits per heavy atom.